The number of aromatic carboxylic acids is 1. The summed E-state index contributed by atoms with van der Waals surface area (Å²) in [5, 5.41) is 45.4. The van der Waals surface area contributed by atoms with E-state index >= 15 is 0 Å². The number of β-lactam (4-membered cyclic amide) rings is 1. The molecule has 2 unspecified atom stereocenters. The number of aliphatic carboxylic acids is 2. The number of carboxylic acid groups (broad SMARTS) is 3. The van der Waals surface area contributed by atoms with Gasteiger partial charge in [-0.2, -0.15) is 4.57 Å². The summed E-state index contributed by atoms with van der Waals surface area (Å²) in [6, 6.07) is 7.40. The minimum absolute atomic E-state index is 0.000812. The summed E-state index contributed by atoms with van der Waals surface area (Å²) in [6.07, 6.45) is 6.18. The number of hydrogen-bond acceptors (Lipinski definition) is 12. The van der Waals surface area contributed by atoms with Gasteiger partial charge in [-0.25, -0.2) is 19.4 Å². The number of allylic oxidation sites excluding steroid dienone is 1. The molecule has 0 aliphatic carbocycles. The molecule has 18 heteroatoms. The van der Waals surface area contributed by atoms with Gasteiger partial charge in [-0.05, 0) is 25.0 Å². The largest absolute Gasteiger partial charge is 0.507 e. The Labute approximate surface area is 285 Å². The zero-order valence-electron chi connectivity index (χ0n) is 25.8. The second-order valence-electron chi connectivity index (χ2n) is 11.3. The fourth-order valence-corrected chi connectivity index (χ4v) is 6.58. The van der Waals surface area contributed by atoms with E-state index in [4.69, 9.17) is 10.6 Å². The number of carbonyl (C=O) groups excluding carboxylic acids is 2. The number of nitrogens with zero attached hydrogens (tertiary/aromatic N) is 4. The van der Waals surface area contributed by atoms with Crippen LogP contribution in [0.1, 0.15) is 41.0 Å². The van der Waals surface area contributed by atoms with Crippen LogP contribution in [0.5, 0.6) is 5.75 Å². The molecule has 2 amide bonds. The second kappa shape index (κ2) is 13.8. The Morgan fingerprint density at radius 2 is 1.86 bits per heavy atom. The highest BCUT2D eigenvalue weighted by Crippen LogP contribution is 2.41. The second-order valence-corrected chi connectivity index (χ2v) is 13.2. The Balaban J connectivity index is 1.29. The number of benzene rings is 1. The predicted octanol–water partition coefficient (Wildman–Crippen LogP) is 1.50. The fourth-order valence-electron chi connectivity index (χ4n) is 4.72. The van der Waals surface area contributed by atoms with Crippen molar-refractivity contribution in [3.63, 3.8) is 0 Å². The third-order valence-electron chi connectivity index (χ3n) is 7.39. The lowest BCUT2D eigenvalue weighted by Gasteiger charge is -2.49. The van der Waals surface area contributed by atoms with Crippen molar-refractivity contribution < 1.29 is 53.8 Å². The van der Waals surface area contributed by atoms with Gasteiger partial charge in [0.2, 0.25) is 5.60 Å². The zero-order valence-corrected chi connectivity index (χ0v) is 27.4. The molecule has 1 fully saturated rings. The van der Waals surface area contributed by atoms with Crippen molar-refractivity contribution in [3.05, 3.63) is 87.8 Å². The lowest BCUT2D eigenvalue weighted by Crippen LogP contribution is -2.71. The molecule has 254 valence electrons. The summed E-state index contributed by atoms with van der Waals surface area (Å²) in [4.78, 5) is 71.9. The molecule has 2 aliphatic heterocycles. The Bertz CT molecular complexity index is 1950. The number of hydrogen-bond donors (Lipinski definition) is 6. The molecular formula is C31H29N6O10S2+. The number of nitrogen functional groups attached to an aromatic ring is 1. The van der Waals surface area contributed by atoms with Gasteiger partial charge in [0.1, 0.15) is 28.6 Å². The van der Waals surface area contributed by atoms with Crippen LogP contribution in [0.15, 0.2) is 70.6 Å². The highest BCUT2D eigenvalue weighted by atomic mass is 32.2. The Hall–Kier alpha value is -5.75. The van der Waals surface area contributed by atoms with Crippen molar-refractivity contribution in [3.8, 4) is 5.75 Å². The molecule has 0 spiro atoms. The first-order chi connectivity index (χ1) is 23.2. The van der Waals surface area contributed by atoms with E-state index in [2.05, 4.69) is 15.5 Å². The van der Waals surface area contributed by atoms with Gasteiger partial charge < -0.3 is 36.3 Å². The predicted molar refractivity (Wildman–Crippen MR) is 175 cm³/mol. The molecule has 2 aromatic heterocycles. The smallest absolute Gasteiger partial charge is 0.352 e. The molecule has 3 aromatic rings. The number of rotatable bonds is 12. The molecule has 1 saturated heterocycles. The van der Waals surface area contributed by atoms with E-state index in [9.17, 15) is 44.4 Å². The van der Waals surface area contributed by atoms with Gasteiger partial charge in [0, 0.05) is 22.8 Å². The Morgan fingerprint density at radius 3 is 2.47 bits per heavy atom. The van der Waals surface area contributed by atoms with Crippen LogP contribution in [-0.2, 0) is 30.6 Å². The number of amides is 2. The maximum absolute atomic E-state index is 13.3. The van der Waals surface area contributed by atoms with Crippen LogP contribution >= 0.6 is 23.1 Å². The van der Waals surface area contributed by atoms with E-state index in [0.29, 0.717) is 12.1 Å². The number of fused-ring (bicyclic) bond motifs is 1. The zero-order chi connectivity index (χ0) is 35.6. The summed E-state index contributed by atoms with van der Waals surface area (Å²) in [5.41, 5.74) is 5.00. The minimum atomic E-state index is -1.79. The van der Waals surface area contributed by atoms with Crippen LogP contribution in [0.4, 0.5) is 5.13 Å². The van der Waals surface area contributed by atoms with Gasteiger partial charge in [0.15, 0.2) is 35.3 Å². The average Bonchev–Trinajstić information content (AvgIpc) is 3.48. The Morgan fingerprint density at radius 1 is 1.14 bits per heavy atom. The molecule has 2 aliphatic rings. The van der Waals surface area contributed by atoms with Crippen LogP contribution < -0.4 is 15.6 Å². The summed E-state index contributed by atoms with van der Waals surface area (Å²) in [7, 11) is 0. The number of aromatic hydroxyl groups is 1. The first-order valence-electron chi connectivity index (χ1n) is 14.3. The first-order valence-corrected chi connectivity index (χ1v) is 16.2. The standard InChI is InChI=1S/C31H28N6O10S2/c1-31(2,29(45)46)47-35-21(19-14-49-30(32)33-19)24(39)34-22-25(40)37-23(28(43)44)17(13-48-26(22)37)8-7-15-3-5-16(6-4-15)11-36-10-9-20(38)18(12-36)27(41)42/h3-10,12,14,22,26H,11,13H2,1-2H3,(H6,32,33,34,39,41,42,43,44,45,46)/p+1/b8-7+,35-21-. The number of oxime groups is 1. The maximum Gasteiger partial charge on any atom is 0.352 e. The van der Waals surface area contributed by atoms with Crippen LogP contribution in [0.25, 0.3) is 6.08 Å². The van der Waals surface area contributed by atoms with Crippen molar-refractivity contribution >= 4 is 69.7 Å². The van der Waals surface area contributed by atoms with Gasteiger partial charge in [0.25, 0.3) is 11.8 Å². The molecule has 1 aromatic carbocycles. The summed E-state index contributed by atoms with van der Waals surface area (Å²) in [5.74, 6) is -5.60. The Kier molecular flexibility index (Phi) is 9.72. The molecule has 7 N–H and O–H groups in total. The lowest BCUT2D eigenvalue weighted by atomic mass is 10.0. The number of nitrogens with one attached hydrogen (secondary N) is 1. The topological polar surface area (TPSA) is 246 Å². The monoisotopic (exact) mass is 709 g/mol. The minimum Gasteiger partial charge on any atom is -0.507 e. The van der Waals surface area contributed by atoms with Crippen LogP contribution in [0.2, 0.25) is 0 Å². The average molecular weight is 710 g/mol. The lowest BCUT2D eigenvalue weighted by molar-refractivity contribution is -0.688. The molecular weight excluding hydrogens is 681 g/mol. The highest BCUT2D eigenvalue weighted by Gasteiger charge is 2.54. The van der Waals surface area contributed by atoms with E-state index in [-0.39, 0.29) is 33.6 Å². The van der Waals surface area contributed by atoms with Gasteiger partial charge in [-0.15, -0.1) is 23.1 Å². The maximum atomic E-state index is 13.3. The van der Waals surface area contributed by atoms with Gasteiger partial charge in [0.05, 0.1) is 0 Å². The van der Waals surface area contributed by atoms with E-state index in [1.165, 1.54) is 43.3 Å². The van der Waals surface area contributed by atoms with Gasteiger partial charge in [-0.3, -0.25) is 14.5 Å². The van der Waals surface area contributed by atoms with E-state index in [0.717, 1.165) is 27.4 Å². The van der Waals surface area contributed by atoms with E-state index in [1.54, 1.807) is 35.0 Å². The van der Waals surface area contributed by atoms with Crippen LogP contribution in [-0.4, -0.2) is 88.5 Å². The molecule has 16 nitrogen and oxygen atoms in total. The first kappa shape index (κ1) is 34.6. The quantitative estimate of drug-likeness (QED) is 0.0677. The van der Waals surface area contributed by atoms with Gasteiger partial charge in [-0.1, -0.05) is 41.6 Å². The van der Waals surface area contributed by atoms with Crippen molar-refractivity contribution in [2.24, 2.45) is 5.16 Å². The van der Waals surface area contributed by atoms with E-state index in [1.807, 2.05) is 12.1 Å². The number of pyridine rings is 1. The normalized spacial score (nSPS) is 17.8. The number of aromatic nitrogens is 2. The number of carboxylic acids is 3. The van der Waals surface area contributed by atoms with Crippen molar-refractivity contribution in [2.75, 3.05) is 11.5 Å². The van der Waals surface area contributed by atoms with Crippen LogP contribution in [0.3, 0.4) is 0 Å². The van der Waals surface area contributed by atoms with Crippen molar-refractivity contribution in [2.45, 2.75) is 37.4 Å². The summed E-state index contributed by atoms with van der Waals surface area (Å²) in [6.45, 7) is 2.80. The number of carbonyl (C=O) groups is 5. The molecule has 0 radical (unpaired) electrons. The third kappa shape index (κ3) is 7.39. The van der Waals surface area contributed by atoms with Gasteiger partial charge >= 0.3 is 17.9 Å². The van der Waals surface area contributed by atoms with E-state index < -0.39 is 52.5 Å². The molecule has 0 bridgehead atoms. The molecule has 5 rings (SSSR count). The molecule has 2 atom stereocenters. The van der Waals surface area contributed by atoms with Crippen molar-refractivity contribution in [1.29, 1.82) is 0 Å². The third-order valence-corrected chi connectivity index (χ3v) is 9.37. The molecule has 4 heterocycles. The number of thiazole rings is 1. The van der Waals surface area contributed by atoms with Crippen molar-refractivity contribution in [1.82, 2.24) is 15.2 Å². The summed E-state index contributed by atoms with van der Waals surface area (Å²) < 4.78 is 1.61. The highest BCUT2D eigenvalue weighted by molar-refractivity contribution is 8.00. The summed E-state index contributed by atoms with van der Waals surface area (Å²) >= 11 is 2.25. The number of anilines is 1. The SMILES string of the molecule is CC(C)(O/N=C(\C(=O)NC1C(=O)N2C(C(=O)O)=C(/C=C/c3ccc(C[n+]4ccc(O)c(C(=O)O)c4)cc3)CSC12)c1csc(N)n1)C(=O)O. The number of nitrogens with two attached hydrogens (primary N) is 1. The fraction of sp³-hybridized carbons (Fsp3) is 0.226. The molecule has 0 saturated carbocycles. The van der Waals surface area contributed by atoms with Crippen LogP contribution in [0, 0.1) is 0 Å². The number of thioether (sulfide) groups is 1. The molecule has 49 heavy (non-hydrogen) atoms.